The summed E-state index contributed by atoms with van der Waals surface area (Å²) in [4.78, 5) is 56.1. The number of fused-ring (bicyclic) bond motifs is 1. The number of pyridine rings is 1. The van der Waals surface area contributed by atoms with Gasteiger partial charge in [-0.3, -0.25) is 24.2 Å². The van der Waals surface area contributed by atoms with Crippen molar-refractivity contribution < 1.29 is 34.5 Å². The number of aliphatic carboxylic acids is 1. The maximum absolute atomic E-state index is 12.9. The quantitative estimate of drug-likeness (QED) is 0.200. The number of carbonyl (C=O) groups excluding carboxylic acids is 2. The van der Waals surface area contributed by atoms with Crippen LogP contribution >= 0.6 is 0 Å². The number of aromatic nitrogens is 3. The first-order valence-corrected chi connectivity index (χ1v) is 12.4. The van der Waals surface area contributed by atoms with Crippen LogP contribution in [0.1, 0.15) is 47.3 Å². The summed E-state index contributed by atoms with van der Waals surface area (Å²) in [5, 5.41) is 33.5. The summed E-state index contributed by atoms with van der Waals surface area (Å²) in [6, 6.07) is 15.8. The molecule has 0 aliphatic rings. The second-order valence-electron chi connectivity index (χ2n) is 9.54. The number of nitrogens with one attached hydrogen (secondary N) is 2. The zero-order valence-corrected chi connectivity index (χ0v) is 22.5. The minimum Gasteiger partial charge on any atom is -0.493 e. The fraction of sp³-hybridized carbons (Fsp3) is 0.207. The molecular formula is C29H29N5O7. The van der Waals surface area contributed by atoms with E-state index in [1.807, 2.05) is 68.6 Å². The van der Waals surface area contributed by atoms with Crippen LogP contribution in [-0.2, 0) is 15.1 Å². The molecule has 0 bridgehead atoms. The molecule has 2 heterocycles. The summed E-state index contributed by atoms with van der Waals surface area (Å²) >= 11 is 0. The van der Waals surface area contributed by atoms with Gasteiger partial charge in [-0.15, -0.1) is 0 Å². The van der Waals surface area contributed by atoms with Crippen molar-refractivity contribution in [1.29, 1.82) is 0 Å². The van der Waals surface area contributed by atoms with Gasteiger partial charge in [-0.2, -0.15) is 4.98 Å². The minimum atomic E-state index is -1.07. The number of hydrogen-bond acceptors (Lipinski definition) is 8. The molecule has 2 aromatic heterocycles. The van der Waals surface area contributed by atoms with Gasteiger partial charge in [0.25, 0.3) is 18.3 Å². The fourth-order valence-electron chi connectivity index (χ4n) is 3.92. The van der Waals surface area contributed by atoms with E-state index in [-0.39, 0.29) is 24.4 Å². The molecule has 41 heavy (non-hydrogen) atoms. The molecule has 12 nitrogen and oxygen atoms in total. The number of amides is 2. The number of carboxylic acid groups (broad SMARTS) is 2. The topological polar surface area (TPSA) is 192 Å². The highest BCUT2D eigenvalue weighted by Gasteiger charge is 2.26. The molecular weight excluding hydrogens is 530 g/mol. The Bertz CT molecular complexity index is 1570. The Balaban J connectivity index is 0.00000147. The lowest BCUT2D eigenvalue weighted by atomic mass is 9.91. The van der Waals surface area contributed by atoms with Crippen molar-refractivity contribution in [2.24, 2.45) is 5.92 Å². The maximum atomic E-state index is 12.9. The molecule has 12 heteroatoms. The lowest BCUT2D eigenvalue weighted by Gasteiger charge is -2.27. The molecule has 0 unspecified atom stereocenters. The van der Waals surface area contributed by atoms with Gasteiger partial charge < -0.3 is 26.0 Å². The standard InChI is InChI=1S/C28H27N5O5.CH2O2/c1-16(27(37)38)13-31-26(36)23-30-15-22(24(34)32-23)25(35)33-28(2,3)19-9-7-17(8-10-19)20-6-4-5-18-14-29-12-11-21(18)20;2-1-3/h4-12,14-16H,13H2,1-3H3,(H,31,36)(H,33,35)(H,37,38)(H,30,32,34);1H,(H,2,3)/t16-;/m0./s1. The van der Waals surface area contributed by atoms with E-state index >= 15 is 0 Å². The van der Waals surface area contributed by atoms with E-state index in [1.165, 1.54) is 6.92 Å². The molecule has 0 aliphatic carbocycles. The van der Waals surface area contributed by atoms with E-state index in [4.69, 9.17) is 15.0 Å². The van der Waals surface area contributed by atoms with Gasteiger partial charge in [0.15, 0.2) is 0 Å². The second-order valence-corrected chi connectivity index (χ2v) is 9.54. The number of aromatic hydroxyl groups is 1. The molecule has 0 aliphatic heterocycles. The lowest BCUT2D eigenvalue weighted by molar-refractivity contribution is -0.140. The van der Waals surface area contributed by atoms with Crippen molar-refractivity contribution in [3.8, 4) is 17.0 Å². The Kier molecular flexibility index (Phi) is 9.64. The van der Waals surface area contributed by atoms with Gasteiger partial charge in [-0.25, -0.2) is 4.98 Å². The summed E-state index contributed by atoms with van der Waals surface area (Å²) in [6.07, 6.45) is 4.64. The van der Waals surface area contributed by atoms with E-state index in [1.54, 1.807) is 6.20 Å². The average Bonchev–Trinajstić information content (AvgIpc) is 2.95. The van der Waals surface area contributed by atoms with Crippen LogP contribution in [0.25, 0.3) is 21.9 Å². The first-order valence-electron chi connectivity index (χ1n) is 12.4. The van der Waals surface area contributed by atoms with E-state index < -0.39 is 35.1 Å². The highest BCUT2D eigenvalue weighted by atomic mass is 16.4. The summed E-state index contributed by atoms with van der Waals surface area (Å²) in [5.41, 5.74) is 1.91. The molecule has 4 rings (SSSR count). The Morgan fingerprint density at radius 2 is 1.71 bits per heavy atom. The molecule has 0 radical (unpaired) electrons. The monoisotopic (exact) mass is 559 g/mol. The number of benzene rings is 2. The number of carboxylic acids is 1. The van der Waals surface area contributed by atoms with Crippen molar-refractivity contribution in [1.82, 2.24) is 25.6 Å². The predicted octanol–water partition coefficient (Wildman–Crippen LogP) is 3.21. The van der Waals surface area contributed by atoms with Gasteiger partial charge in [-0.05, 0) is 42.0 Å². The van der Waals surface area contributed by atoms with Crippen LogP contribution in [-0.4, -0.2) is 61.1 Å². The summed E-state index contributed by atoms with van der Waals surface area (Å²) in [6.45, 7) is 4.70. The smallest absolute Gasteiger partial charge is 0.308 e. The first-order chi connectivity index (χ1) is 19.5. The van der Waals surface area contributed by atoms with Crippen LogP contribution in [0.15, 0.2) is 67.1 Å². The predicted molar refractivity (Wildman–Crippen MR) is 149 cm³/mol. The summed E-state index contributed by atoms with van der Waals surface area (Å²) < 4.78 is 0. The lowest BCUT2D eigenvalue weighted by Crippen LogP contribution is -2.41. The highest BCUT2D eigenvalue weighted by molar-refractivity contribution is 5.98. The third-order valence-electron chi connectivity index (χ3n) is 6.23. The Morgan fingerprint density at radius 3 is 2.34 bits per heavy atom. The van der Waals surface area contributed by atoms with Gasteiger partial charge >= 0.3 is 5.97 Å². The average molecular weight is 560 g/mol. The summed E-state index contributed by atoms with van der Waals surface area (Å²) in [5.74, 6) is -4.29. The van der Waals surface area contributed by atoms with Gasteiger partial charge in [0.1, 0.15) is 5.56 Å². The molecule has 0 fully saturated rings. The molecule has 2 amide bonds. The van der Waals surface area contributed by atoms with E-state index in [0.717, 1.165) is 33.7 Å². The minimum absolute atomic E-state index is 0.134. The molecule has 1 atom stereocenters. The molecule has 2 aromatic carbocycles. The third-order valence-corrected chi connectivity index (χ3v) is 6.23. The largest absolute Gasteiger partial charge is 0.493 e. The zero-order valence-electron chi connectivity index (χ0n) is 22.5. The second kappa shape index (κ2) is 13.1. The maximum Gasteiger partial charge on any atom is 0.308 e. The normalized spacial score (nSPS) is 11.5. The number of nitrogens with zero attached hydrogens (tertiary/aromatic N) is 3. The van der Waals surface area contributed by atoms with Crippen molar-refractivity contribution in [3.05, 3.63) is 84.1 Å². The van der Waals surface area contributed by atoms with Crippen LogP contribution in [0.2, 0.25) is 0 Å². The SMILES string of the molecule is C[C@@H](CNC(=O)c1ncc(C(=O)NC(C)(C)c2ccc(-c3cccc4cnccc34)cc2)c(O)n1)C(=O)O.O=CO. The van der Waals surface area contributed by atoms with Crippen LogP contribution in [0, 0.1) is 5.92 Å². The zero-order chi connectivity index (χ0) is 30.2. The Hall–Kier alpha value is -5.39. The molecule has 212 valence electrons. The summed E-state index contributed by atoms with van der Waals surface area (Å²) in [7, 11) is 0. The fourth-order valence-corrected chi connectivity index (χ4v) is 3.92. The van der Waals surface area contributed by atoms with Gasteiger partial charge in [0.2, 0.25) is 11.7 Å². The Labute approximate surface area is 235 Å². The van der Waals surface area contributed by atoms with Crippen molar-refractivity contribution in [2.45, 2.75) is 26.3 Å². The molecule has 5 N–H and O–H groups in total. The molecule has 0 saturated heterocycles. The van der Waals surface area contributed by atoms with Crippen molar-refractivity contribution in [2.75, 3.05) is 6.54 Å². The number of carbonyl (C=O) groups is 4. The van der Waals surface area contributed by atoms with E-state index in [0.29, 0.717) is 0 Å². The van der Waals surface area contributed by atoms with Crippen LogP contribution in [0.5, 0.6) is 5.88 Å². The molecule has 0 saturated carbocycles. The van der Waals surface area contributed by atoms with Crippen molar-refractivity contribution >= 4 is 35.0 Å². The van der Waals surface area contributed by atoms with Gasteiger partial charge in [0, 0.05) is 30.5 Å². The van der Waals surface area contributed by atoms with Gasteiger partial charge in [0.05, 0.1) is 11.5 Å². The van der Waals surface area contributed by atoms with Crippen LogP contribution in [0.3, 0.4) is 0 Å². The van der Waals surface area contributed by atoms with Crippen molar-refractivity contribution in [3.63, 3.8) is 0 Å². The molecule has 0 spiro atoms. The van der Waals surface area contributed by atoms with Crippen LogP contribution in [0.4, 0.5) is 0 Å². The van der Waals surface area contributed by atoms with E-state index in [9.17, 15) is 19.5 Å². The highest BCUT2D eigenvalue weighted by Crippen LogP contribution is 2.30. The van der Waals surface area contributed by atoms with E-state index in [2.05, 4.69) is 25.6 Å². The van der Waals surface area contributed by atoms with Gasteiger partial charge in [-0.1, -0.05) is 49.4 Å². The number of rotatable bonds is 8. The number of hydrogen-bond donors (Lipinski definition) is 5. The first kappa shape index (κ1) is 30.2. The molecule has 4 aromatic rings. The Morgan fingerprint density at radius 1 is 1.02 bits per heavy atom. The van der Waals surface area contributed by atoms with Crippen LogP contribution < -0.4 is 10.6 Å². The third kappa shape index (κ3) is 7.38.